The molecule has 0 aromatic heterocycles. The third-order valence-electron chi connectivity index (χ3n) is 5.56. The molecule has 1 aliphatic heterocycles. The molecule has 1 heterocycles. The zero-order valence-electron chi connectivity index (χ0n) is 17.9. The molecule has 3 aromatic carbocycles. The average Bonchev–Trinajstić information content (AvgIpc) is 3.01. The molecule has 1 aliphatic rings. The Hall–Kier alpha value is -3.44. The summed E-state index contributed by atoms with van der Waals surface area (Å²) >= 11 is 6.24. The fourth-order valence-corrected chi connectivity index (χ4v) is 3.82. The highest BCUT2D eigenvalue weighted by Gasteiger charge is 2.40. The van der Waals surface area contributed by atoms with E-state index in [-0.39, 0.29) is 11.3 Å². The van der Waals surface area contributed by atoms with E-state index >= 15 is 0 Å². The third kappa shape index (κ3) is 3.92. The summed E-state index contributed by atoms with van der Waals surface area (Å²) in [6, 6.07) is 18.2. The van der Waals surface area contributed by atoms with Gasteiger partial charge in [-0.05, 0) is 65.9 Å². The minimum Gasteiger partial charge on any atom is -0.350 e. The van der Waals surface area contributed by atoms with Crippen molar-refractivity contribution < 1.29 is 14.0 Å². The molecule has 4 nitrogen and oxygen atoms in total. The molecular formula is C26H22ClFN2O2. The molecule has 0 fully saturated rings. The van der Waals surface area contributed by atoms with Crippen LogP contribution in [0.5, 0.6) is 0 Å². The number of hydrogen-bond acceptors (Lipinski definition) is 3. The maximum atomic E-state index is 13.5. The number of benzene rings is 3. The van der Waals surface area contributed by atoms with Crippen molar-refractivity contribution in [2.24, 2.45) is 0 Å². The Bertz CT molecular complexity index is 1230. The predicted molar refractivity (Wildman–Crippen MR) is 126 cm³/mol. The van der Waals surface area contributed by atoms with Crippen LogP contribution in [0, 0.1) is 12.7 Å². The summed E-state index contributed by atoms with van der Waals surface area (Å²) in [6.07, 6.45) is 0. The Morgan fingerprint density at radius 2 is 1.56 bits per heavy atom. The molecule has 0 spiro atoms. The molecule has 1 N–H and O–H groups in total. The monoisotopic (exact) mass is 448 g/mol. The highest BCUT2D eigenvalue weighted by Crippen LogP contribution is 2.35. The molecule has 32 heavy (non-hydrogen) atoms. The van der Waals surface area contributed by atoms with Crippen LogP contribution >= 0.6 is 11.6 Å². The van der Waals surface area contributed by atoms with Crippen molar-refractivity contribution in [2.75, 3.05) is 10.2 Å². The van der Waals surface area contributed by atoms with Gasteiger partial charge in [-0.1, -0.05) is 55.8 Å². The Labute approximate surface area is 191 Å². The van der Waals surface area contributed by atoms with E-state index in [2.05, 4.69) is 19.2 Å². The Morgan fingerprint density at radius 1 is 0.906 bits per heavy atom. The summed E-state index contributed by atoms with van der Waals surface area (Å²) in [5.74, 6) is -1.05. The van der Waals surface area contributed by atoms with Gasteiger partial charge in [0.1, 0.15) is 11.5 Å². The largest absolute Gasteiger partial charge is 0.350 e. The third-order valence-corrected chi connectivity index (χ3v) is 5.97. The van der Waals surface area contributed by atoms with Gasteiger partial charge in [-0.25, -0.2) is 9.29 Å². The first-order chi connectivity index (χ1) is 15.3. The van der Waals surface area contributed by atoms with Crippen molar-refractivity contribution in [1.82, 2.24) is 0 Å². The van der Waals surface area contributed by atoms with Gasteiger partial charge >= 0.3 is 0 Å². The summed E-state index contributed by atoms with van der Waals surface area (Å²) < 4.78 is 13.5. The number of anilines is 2. The van der Waals surface area contributed by atoms with Gasteiger partial charge in [-0.3, -0.25) is 9.59 Å². The lowest BCUT2D eigenvalue weighted by atomic mass is 10.0. The van der Waals surface area contributed by atoms with E-state index in [0.717, 1.165) is 16.0 Å². The lowest BCUT2D eigenvalue weighted by Gasteiger charge is -2.17. The maximum absolute atomic E-state index is 13.5. The summed E-state index contributed by atoms with van der Waals surface area (Å²) in [5, 5.41) is 3.65. The lowest BCUT2D eigenvalue weighted by Crippen LogP contribution is -2.32. The van der Waals surface area contributed by atoms with Gasteiger partial charge in [0, 0.05) is 10.7 Å². The molecule has 0 atom stereocenters. The zero-order chi connectivity index (χ0) is 23.0. The van der Waals surface area contributed by atoms with Crippen LogP contribution < -0.4 is 10.2 Å². The molecule has 0 saturated heterocycles. The smallest absolute Gasteiger partial charge is 0.282 e. The summed E-state index contributed by atoms with van der Waals surface area (Å²) in [4.78, 5) is 28.1. The number of amides is 2. The van der Waals surface area contributed by atoms with Crippen molar-refractivity contribution in [2.45, 2.75) is 26.7 Å². The average molecular weight is 449 g/mol. The van der Waals surface area contributed by atoms with Crippen LogP contribution in [-0.4, -0.2) is 11.8 Å². The highest BCUT2D eigenvalue weighted by atomic mass is 35.5. The van der Waals surface area contributed by atoms with Gasteiger partial charge in [0.15, 0.2) is 0 Å². The molecule has 0 saturated carbocycles. The van der Waals surface area contributed by atoms with Gasteiger partial charge in [0.2, 0.25) is 0 Å². The molecular weight excluding hydrogens is 427 g/mol. The quantitative estimate of drug-likeness (QED) is 0.465. The van der Waals surface area contributed by atoms with Gasteiger partial charge in [0.05, 0.1) is 11.3 Å². The summed E-state index contributed by atoms with van der Waals surface area (Å²) in [6.45, 7) is 5.97. The van der Waals surface area contributed by atoms with E-state index in [1.165, 1.54) is 24.3 Å². The standard InChI is InChI=1S/C26H22ClFN2O2/c1-15(2)17-9-13-20(14-10-17)30-25(31)23(18-7-11-19(28)12-8-18)24(26(30)32)29-22-6-4-5-21(27)16(22)3/h4-15,29H,1-3H3. The van der Waals surface area contributed by atoms with Gasteiger partial charge in [-0.15, -0.1) is 0 Å². The molecule has 2 amide bonds. The minimum absolute atomic E-state index is 0.125. The number of nitrogens with zero attached hydrogens (tertiary/aromatic N) is 1. The second-order valence-electron chi connectivity index (χ2n) is 7.99. The van der Waals surface area contributed by atoms with E-state index < -0.39 is 17.6 Å². The molecule has 6 heteroatoms. The number of halogens is 2. The first-order valence-corrected chi connectivity index (χ1v) is 10.7. The topological polar surface area (TPSA) is 49.4 Å². The van der Waals surface area contributed by atoms with Crippen LogP contribution in [0.25, 0.3) is 5.57 Å². The fourth-order valence-electron chi connectivity index (χ4n) is 3.65. The molecule has 4 rings (SSSR count). The van der Waals surface area contributed by atoms with Gasteiger partial charge in [0.25, 0.3) is 11.8 Å². The van der Waals surface area contributed by atoms with E-state index in [1.54, 1.807) is 30.3 Å². The molecule has 0 aliphatic carbocycles. The van der Waals surface area contributed by atoms with Crippen molar-refractivity contribution in [1.29, 1.82) is 0 Å². The van der Waals surface area contributed by atoms with Crippen molar-refractivity contribution in [3.63, 3.8) is 0 Å². The molecule has 3 aromatic rings. The number of carbonyl (C=O) groups is 2. The van der Waals surface area contributed by atoms with Crippen molar-refractivity contribution in [3.05, 3.63) is 100.0 Å². The second kappa shape index (κ2) is 8.60. The minimum atomic E-state index is -0.481. The van der Waals surface area contributed by atoms with Crippen LogP contribution in [-0.2, 0) is 9.59 Å². The number of carbonyl (C=O) groups excluding carboxylic acids is 2. The van der Waals surface area contributed by atoms with Crippen LogP contribution in [0.2, 0.25) is 5.02 Å². The summed E-state index contributed by atoms with van der Waals surface area (Å²) in [7, 11) is 0. The van der Waals surface area contributed by atoms with Crippen molar-refractivity contribution >= 4 is 40.4 Å². The SMILES string of the molecule is Cc1c(Cl)cccc1NC1=C(c2ccc(F)cc2)C(=O)N(c2ccc(C(C)C)cc2)C1=O. The fraction of sp³-hybridized carbons (Fsp3) is 0.154. The molecule has 0 unspecified atom stereocenters. The Balaban J connectivity index is 1.81. The van der Waals surface area contributed by atoms with Gasteiger partial charge in [-0.2, -0.15) is 0 Å². The van der Waals surface area contributed by atoms with Crippen LogP contribution in [0.1, 0.15) is 36.5 Å². The molecule has 162 valence electrons. The van der Waals surface area contributed by atoms with Crippen LogP contribution in [0.3, 0.4) is 0 Å². The number of nitrogens with one attached hydrogen (secondary N) is 1. The normalized spacial score (nSPS) is 14.0. The maximum Gasteiger partial charge on any atom is 0.282 e. The van der Waals surface area contributed by atoms with Crippen LogP contribution in [0.15, 0.2) is 72.4 Å². The van der Waals surface area contributed by atoms with E-state index in [9.17, 15) is 14.0 Å². The van der Waals surface area contributed by atoms with Crippen molar-refractivity contribution in [3.8, 4) is 0 Å². The number of imide groups is 1. The molecule has 0 radical (unpaired) electrons. The highest BCUT2D eigenvalue weighted by molar-refractivity contribution is 6.46. The van der Waals surface area contributed by atoms with E-state index in [0.29, 0.717) is 27.9 Å². The lowest BCUT2D eigenvalue weighted by molar-refractivity contribution is -0.120. The number of rotatable bonds is 5. The Morgan fingerprint density at radius 3 is 2.19 bits per heavy atom. The van der Waals surface area contributed by atoms with Crippen LogP contribution in [0.4, 0.5) is 15.8 Å². The Kier molecular flexibility index (Phi) is 5.85. The predicted octanol–water partition coefficient (Wildman–Crippen LogP) is 6.31. The number of hydrogen-bond donors (Lipinski definition) is 1. The van der Waals surface area contributed by atoms with E-state index in [1.807, 2.05) is 19.1 Å². The first-order valence-electron chi connectivity index (χ1n) is 10.3. The van der Waals surface area contributed by atoms with E-state index in [4.69, 9.17) is 11.6 Å². The van der Waals surface area contributed by atoms with Gasteiger partial charge < -0.3 is 5.32 Å². The molecule has 0 bridgehead atoms. The summed E-state index contributed by atoms with van der Waals surface area (Å²) in [5.41, 5.74) is 3.71. The second-order valence-corrected chi connectivity index (χ2v) is 8.39. The zero-order valence-corrected chi connectivity index (χ0v) is 18.7. The first kappa shape index (κ1) is 21.8.